The zero-order valence-corrected chi connectivity index (χ0v) is 7.12. The first kappa shape index (κ1) is 9.73. The van der Waals surface area contributed by atoms with Gasteiger partial charge in [0.1, 0.15) is 0 Å². The van der Waals surface area contributed by atoms with Gasteiger partial charge >= 0.3 is 0 Å². The molecule has 0 N–H and O–H groups in total. The Hall–Kier alpha value is -0.270. The molecule has 0 atom stereocenters. The molecule has 0 saturated carbocycles. The van der Waals surface area contributed by atoms with Crippen molar-refractivity contribution in [2.24, 2.45) is 4.99 Å². The van der Waals surface area contributed by atoms with Crippen molar-refractivity contribution in [2.75, 3.05) is 18.6 Å². The molecule has 3 heteroatoms. The molecule has 0 aromatic carbocycles. The van der Waals surface area contributed by atoms with Gasteiger partial charge in [0.05, 0.1) is 6.54 Å². The van der Waals surface area contributed by atoms with Crippen molar-refractivity contribution < 1.29 is 4.79 Å². The Kier molecular flexibility index (Phi) is 8.49. The van der Waals surface area contributed by atoms with Gasteiger partial charge in [-0.2, -0.15) is 11.8 Å². The van der Waals surface area contributed by atoms with Gasteiger partial charge in [-0.1, -0.05) is 6.42 Å². The summed E-state index contributed by atoms with van der Waals surface area (Å²) in [7, 11) is 0. The van der Waals surface area contributed by atoms with E-state index in [0.29, 0.717) is 6.54 Å². The Morgan fingerprint density at radius 1 is 1.40 bits per heavy atom. The van der Waals surface area contributed by atoms with Gasteiger partial charge in [-0.05, 0) is 24.9 Å². The number of rotatable bonds is 6. The third-order valence-electron chi connectivity index (χ3n) is 1.18. The molecule has 0 aromatic rings. The summed E-state index contributed by atoms with van der Waals surface area (Å²) in [5.41, 5.74) is 0. The van der Waals surface area contributed by atoms with E-state index in [1.54, 1.807) is 0 Å². The SMILES string of the molecule is CSCCCCCN=C=O. The molecule has 0 rings (SSSR count). The summed E-state index contributed by atoms with van der Waals surface area (Å²) in [6, 6.07) is 0. The smallest absolute Gasteiger partial charge is 0.211 e. The van der Waals surface area contributed by atoms with Crippen LogP contribution >= 0.6 is 11.8 Å². The highest BCUT2D eigenvalue weighted by Crippen LogP contribution is 2.01. The molecule has 0 unspecified atom stereocenters. The summed E-state index contributed by atoms with van der Waals surface area (Å²) >= 11 is 1.86. The monoisotopic (exact) mass is 159 g/mol. The van der Waals surface area contributed by atoms with Crippen LogP contribution in [0.3, 0.4) is 0 Å². The first-order valence-electron chi connectivity index (χ1n) is 3.44. The van der Waals surface area contributed by atoms with Crippen molar-refractivity contribution in [1.82, 2.24) is 0 Å². The van der Waals surface area contributed by atoms with Crippen molar-refractivity contribution in [3.63, 3.8) is 0 Å². The van der Waals surface area contributed by atoms with E-state index in [1.807, 2.05) is 11.8 Å². The fourth-order valence-electron chi connectivity index (χ4n) is 0.660. The molecule has 0 aliphatic carbocycles. The van der Waals surface area contributed by atoms with Crippen LogP contribution in [0.4, 0.5) is 0 Å². The van der Waals surface area contributed by atoms with Crippen LogP contribution in [-0.2, 0) is 4.79 Å². The van der Waals surface area contributed by atoms with Gasteiger partial charge in [-0.15, -0.1) is 0 Å². The Morgan fingerprint density at radius 3 is 2.80 bits per heavy atom. The van der Waals surface area contributed by atoms with E-state index in [4.69, 9.17) is 0 Å². The number of nitrogens with zero attached hydrogens (tertiary/aromatic N) is 1. The molecular formula is C7H13NOS. The summed E-state index contributed by atoms with van der Waals surface area (Å²) in [6.45, 7) is 0.651. The number of isocyanates is 1. The Labute approximate surface area is 66.1 Å². The number of carbonyl (C=O) groups excluding carboxylic acids is 1. The Balaban J connectivity index is 2.83. The molecule has 0 radical (unpaired) electrons. The van der Waals surface area contributed by atoms with Gasteiger partial charge in [-0.25, -0.2) is 9.79 Å². The van der Waals surface area contributed by atoms with Gasteiger partial charge in [0.2, 0.25) is 6.08 Å². The first-order chi connectivity index (χ1) is 4.91. The summed E-state index contributed by atoms with van der Waals surface area (Å²) in [4.78, 5) is 13.1. The van der Waals surface area contributed by atoms with Crippen LogP contribution in [0.1, 0.15) is 19.3 Å². The van der Waals surface area contributed by atoms with Gasteiger partial charge in [0.15, 0.2) is 0 Å². The maximum absolute atomic E-state index is 9.60. The Morgan fingerprint density at radius 2 is 2.20 bits per heavy atom. The second kappa shape index (κ2) is 8.73. The summed E-state index contributed by atoms with van der Waals surface area (Å²) < 4.78 is 0. The number of thioether (sulfide) groups is 1. The predicted molar refractivity (Wildman–Crippen MR) is 45.2 cm³/mol. The highest BCUT2D eigenvalue weighted by atomic mass is 32.2. The number of aliphatic imine (C=N–C) groups is 1. The molecule has 0 heterocycles. The second-order valence-electron chi connectivity index (χ2n) is 2.03. The molecule has 10 heavy (non-hydrogen) atoms. The summed E-state index contributed by atoms with van der Waals surface area (Å²) in [6.07, 6.45) is 7.06. The van der Waals surface area contributed by atoms with Gasteiger partial charge < -0.3 is 0 Å². The lowest BCUT2D eigenvalue weighted by Crippen LogP contribution is -1.83. The van der Waals surface area contributed by atoms with E-state index in [-0.39, 0.29) is 0 Å². The van der Waals surface area contributed by atoms with Gasteiger partial charge in [0, 0.05) is 0 Å². The molecule has 0 fully saturated rings. The molecule has 58 valence electrons. The largest absolute Gasteiger partial charge is 0.234 e. The average molecular weight is 159 g/mol. The Bertz CT molecular complexity index is 110. The zero-order valence-electron chi connectivity index (χ0n) is 6.30. The minimum Gasteiger partial charge on any atom is -0.211 e. The topological polar surface area (TPSA) is 29.4 Å². The van der Waals surface area contributed by atoms with E-state index in [1.165, 1.54) is 24.7 Å². The molecular weight excluding hydrogens is 146 g/mol. The van der Waals surface area contributed by atoms with Crippen molar-refractivity contribution in [2.45, 2.75) is 19.3 Å². The van der Waals surface area contributed by atoms with Crippen molar-refractivity contribution in [1.29, 1.82) is 0 Å². The molecule has 0 aliphatic heterocycles. The minimum atomic E-state index is 0.651. The van der Waals surface area contributed by atoms with Crippen molar-refractivity contribution in [3.8, 4) is 0 Å². The maximum atomic E-state index is 9.60. The van der Waals surface area contributed by atoms with Crippen molar-refractivity contribution >= 4 is 17.8 Å². The number of hydrogen-bond acceptors (Lipinski definition) is 3. The standard InChI is InChI=1S/C7H13NOS/c1-10-6-4-2-3-5-8-7-9/h2-6H2,1H3. The lowest BCUT2D eigenvalue weighted by atomic mass is 10.2. The highest BCUT2D eigenvalue weighted by Gasteiger charge is 1.86. The van der Waals surface area contributed by atoms with Gasteiger partial charge in [-0.3, -0.25) is 0 Å². The van der Waals surface area contributed by atoms with Crippen LogP contribution in [0.25, 0.3) is 0 Å². The van der Waals surface area contributed by atoms with E-state index in [9.17, 15) is 4.79 Å². The molecule has 0 aromatic heterocycles. The van der Waals surface area contributed by atoms with Crippen molar-refractivity contribution in [3.05, 3.63) is 0 Å². The third-order valence-corrected chi connectivity index (χ3v) is 1.88. The maximum Gasteiger partial charge on any atom is 0.234 e. The van der Waals surface area contributed by atoms with Crippen LogP contribution in [0.2, 0.25) is 0 Å². The van der Waals surface area contributed by atoms with E-state index in [2.05, 4.69) is 11.2 Å². The second-order valence-corrected chi connectivity index (χ2v) is 3.01. The van der Waals surface area contributed by atoms with Crippen LogP contribution < -0.4 is 0 Å². The summed E-state index contributed by atoms with van der Waals surface area (Å²) in [5.74, 6) is 1.21. The molecule has 0 aliphatic rings. The zero-order chi connectivity index (χ0) is 7.66. The average Bonchev–Trinajstić information content (AvgIpc) is 1.97. The quantitative estimate of drug-likeness (QED) is 0.336. The lowest BCUT2D eigenvalue weighted by Gasteiger charge is -1.93. The van der Waals surface area contributed by atoms with Crippen LogP contribution in [-0.4, -0.2) is 24.6 Å². The van der Waals surface area contributed by atoms with Crippen LogP contribution in [0.5, 0.6) is 0 Å². The fourth-order valence-corrected chi connectivity index (χ4v) is 1.15. The molecule has 0 saturated heterocycles. The van der Waals surface area contributed by atoms with Gasteiger partial charge in [0.25, 0.3) is 0 Å². The highest BCUT2D eigenvalue weighted by molar-refractivity contribution is 7.98. The first-order valence-corrected chi connectivity index (χ1v) is 4.83. The summed E-state index contributed by atoms with van der Waals surface area (Å²) in [5, 5.41) is 0. The molecule has 0 amide bonds. The third kappa shape index (κ3) is 7.73. The minimum absolute atomic E-state index is 0.651. The van der Waals surface area contributed by atoms with E-state index in [0.717, 1.165) is 6.42 Å². The lowest BCUT2D eigenvalue weighted by molar-refractivity contribution is 0.561. The molecule has 0 spiro atoms. The molecule has 2 nitrogen and oxygen atoms in total. The van der Waals surface area contributed by atoms with E-state index < -0.39 is 0 Å². The molecule has 0 bridgehead atoms. The number of hydrogen-bond donors (Lipinski definition) is 0. The normalized spacial score (nSPS) is 8.90. The predicted octanol–water partition coefficient (Wildman–Crippen LogP) is 1.86. The number of unbranched alkanes of at least 4 members (excludes halogenated alkanes) is 2. The fraction of sp³-hybridized carbons (Fsp3) is 0.857. The van der Waals surface area contributed by atoms with Crippen LogP contribution in [0, 0.1) is 0 Å². The van der Waals surface area contributed by atoms with E-state index >= 15 is 0 Å². The van der Waals surface area contributed by atoms with Crippen LogP contribution in [0.15, 0.2) is 4.99 Å².